The van der Waals surface area contributed by atoms with Gasteiger partial charge in [-0.3, -0.25) is 14.7 Å². The first-order chi connectivity index (χ1) is 13.1. The number of ketones is 1. The molecule has 1 aliphatic rings. The summed E-state index contributed by atoms with van der Waals surface area (Å²) < 4.78 is 0. The second kappa shape index (κ2) is 7.00. The summed E-state index contributed by atoms with van der Waals surface area (Å²) in [6.45, 7) is 2.07. The van der Waals surface area contributed by atoms with Crippen LogP contribution in [0.4, 0.5) is 5.82 Å². The number of aryl methyl sites for hydroxylation is 1. The maximum absolute atomic E-state index is 13.2. The molecule has 0 saturated carbocycles. The van der Waals surface area contributed by atoms with Gasteiger partial charge in [0.25, 0.3) is 0 Å². The number of nitrogens with one attached hydrogen (secondary N) is 2. The van der Waals surface area contributed by atoms with Gasteiger partial charge in [-0.1, -0.05) is 54.9 Å². The number of hydrogen-bond donors (Lipinski definition) is 2. The third kappa shape index (κ3) is 3.26. The molecule has 3 aromatic rings. The number of amides is 1. The number of aromatic amines is 1. The van der Waals surface area contributed by atoms with Crippen LogP contribution in [0.2, 0.25) is 5.02 Å². The molecule has 0 radical (unpaired) electrons. The normalized spacial score (nSPS) is 15.9. The number of benzene rings is 2. The Bertz CT molecular complexity index is 1010. The number of nitrogens with zero attached hydrogens (tertiary/aromatic N) is 1. The van der Waals surface area contributed by atoms with E-state index in [4.69, 9.17) is 11.6 Å². The second-order valence-corrected chi connectivity index (χ2v) is 7.02. The van der Waals surface area contributed by atoms with Crippen molar-refractivity contribution in [3.05, 3.63) is 70.2 Å². The number of aromatic nitrogens is 2. The van der Waals surface area contributed by atoms with E-state index in [9.17, 15) is 9.59 Å². The smallest absolute Gasteiger partial charge is 0.226 e. The van der Waals surface area contributed by atoms with Crippen LogP contribution in [-0.2, 0) is 11.2 Å². The van der Waals surface area contributed by atoms with E-state index in [0.29, 0.717) is 16.4 Å². The summed E-state index contributed by atoms with van der Waals surface area (Å²) in [5.41, 5.74) is 4.08. The van der Waals surface area contributed by atoms with Gasteiger partial charge in [-0.25, -0.2) is 0 Å². The number of carbonyl (C=O) groups is 2. The summed E-state index contributed by atoms with van der Waals surface area (Å²) in [5, 5.41) is 10.6. The largest absolute Gasteiger partial charge is 0.309 e. The highest BCUT2D eigenvalue weighted by molar-refractivity contribution is 6.30. The fourth-order valence-corrected chi connectivity index (χ4v) is 3.55. The number of H-pyrrole nitrogens is 1. The van der Waals surface area contributed by atoms with E-state index in [1.807, 2.05) is 36.4 Å². The Labute approximate surface area is 161 Å². The molecule has 5 nitrogen and oxygen atoms in total. The first kappa shape index (κ1) is 17.5. The average molecular weight is 380 g/mol. The Balaban J connectivity index is 1.77. The van der Waals surface area contributed by atoms with E-state index in [0.717, 1.165) is 23.2 Å². The molecule has 0 fully saturated rings. The number of hydrogen-bond acceptors (Lipinski definition) is 3. The van der Waals surface area contributed by atoms with Gasteiger partial charge >= 0.3 is 0 Å². The standard InChI is InChI=1S/C21H18ClN3O2/c1-2-12-3-5-14(6-4-12)20(27)16-11-17(26)23-21-18(16)19(24-25-21)13-7-9-15(22)10-8-13/h3-10,16H,2,11H2,1H3,(H2,23,24,25,26). The van der Waals surface area contributed by atoms with Crippen molar-refractivity contribution >= 4 is 29.1 Å². The van der Waals surface area contributed by atoms with Crippen molar-refractivity contribution in [1.82, 2.24) is 10.2 Å². The molecule has 4 rings (SSSR count). The Morgan fingerprint density at radius 3 is 2.52 bits per heavy atom. The van der Waals surface area contributed by atoms with E-state index >= 15 is 0 Å². The van der Waals surface area contributed by atoms with Gasteiger partial charge < -0.3 is 5.32 Å². The highest BCUT2D eigenvalue weighted by Crippen LogP contribution is 2.40. The predicted molar refractivity (Wildman–Crippen MR) is 105 cm³/mol. The minimum atomic E-state index is -0.578. The summed E-state index contributed by atoms with van der Waals surface area (Å²) in [7, 11) is 0. The quantitative estimate of drug-likeness (QED) is 0.650. The first-order valence-electron chi connectivity index (χ1n) is 8.84. The molecule has 6 heteroatoms. The van der Waals surface area contributed by atoms with Crippen LogP contribution in [0.15, 0.2) is 48.5 Å². The number of carbonyl (C=O) groups excluding carboxylic acids is 2. The van der Waals surface area contributed by atoms with Crippen molar-refractivity contribution in [3.8, 4) is 11.3 Å². The minimum Gasteiger partial charge on any atom is -0.309 e. The maximum atomic E-state index is 13.2. The Morgan fingerprint density at radius 1 is 1.15 bits per heavy atom. The van der Waals surface area contributed by atoms with Crippen LogP contribution in [0.5, 0.6) is 0 Å². The van der Waals surface area contributed by atoms with E-state index in [1.165, 1.54) is 5.56 Å². The summed E-state index contributed by atoms with van der Waals surface area (Å²) in [4.78, 5) is 25.3. The lowest BCUT2D eigenvalue weighted by Gasteiger charge is -2.22. The van der Waals surface area contributed by atoms with Crippen molar-refractivity contribution in [1.29, 1.82) is 0 Å². The number of halogens is 1. The number of fused-ring (bicyclic) bond motifs is 1. The summed E-state index contributed by atoms with van der Waals surface area (Å²) in [6, 6.07) is 14.9. The zero-order valence-corrected chi connectivity index (χ0v) is 15.5. The molecule has 0 saturated heterocycles. The van der Waals surface area contributed by atoms with Gasteiger partial charge in [0.1, 0.15) is 0 Å². The van der Waals surface area contributed by atoms with Crippen LogP contribution in [0.1, 0.15) is 40.7 Å². The van der Waals surface area contributed by atoms with Gasteiger partial charge in [0.15, 0.2) is 11.6 Å². The van der Waals surface area contributed by atoms with Crippen LogP contribution in [0, 0.1) is 0 Å². The molecule has 1 aliphatic heterocycles. The molecule has 1 amide bonds. The molecule has 27 heavy (non-hydrogen) atoms. The fourth-order valence-electron chi connectivity index (χ4n) is 3.42. The van der Waals surface area contributed by atoms with E-state index in [1.54, 1.807) is 12.1 Å². The summed E-state index contributed by atoms with van der Waals surface area (Å²) in [6.07, 6.45) is 1.01. The Hall–Kier alpha value is -2.92. The lowest BCUT2D eigenvalue weighted by atomic mass is 9.84. The van der Waals surface area contributed by atoms with E-state index in [-0.39, 0.29) is 18.1 Å². The number of rotatable bonds is 4. The third-order valence-corrected chi connectivity index (χ3v) is 5.15. The first-order valence-corrected chi connectivity index (χ1v) is 9.21. The van der Waals surface area contributed by atoms with E-state index in [2.05, 4.69) is 22.4 Å². The maximum Gasteiger partial charge on any atom is 0.226 e. The lowest BCUT2D eigenvalue weighted by Crippen LogP contribution is -2.27. The molecular weight excluding hydrogens is 362 g/mol. The fraction of sp³-hybridized carbons (Fsp3) is 0.190. The molecule has 0 bridgehead atoms. The van der Waals surface area contributed by atoms with Gasteiger partial charge in [0, 0.05) is 28.1 Å². The van der Waals surface area contributed by atoms with Crippen molar-refractivity contribution in [2.24, 2.45) is 0 Å². The van der Waals surface area contributed by atoms with Crippen molar-refractivity contribution in [3.63, 3.8) is 0 Å². The highest BCUT2D eigenvalue weighted by atomic mass is 35.5. The zero-order chi connectivity index (χ0) is 19.0. The molecule has 2 heterocycles. The summed E-state index contributed by atoms with van der Waals surface area (Å²) in [5.74, 6) is -0.448. The Morgan fingerprint density at radius 2 is 1.85 bits per heavy atom. The van der Waals surface area contributed by atoms with Gasteiger partial charge in [-0.2, -0.15) is 5.10 Å². The van der Waals surface area contributed by atoms with Gasteiger partial charge in [-0.15, -0.1) is 0 Å². The number of anilines is 1. The molecule has 0 aliphatic carbocycles. The molecule has 2 aromatic carbocycles. The molecule has 2 N–H and O–H groups in total. The molecule has 1 atom stereocenters. The van der Waals surface area contributed by atoms with Crippen LogP contribution < -0.4 is 5.32 Å². The lowest BCUT2D eigenvalue weighted by molar-refractivity contribution is -0.116. The molecular formula is C21H18ClN3O2. The SMILES string of the molecule is CCc1ccc(C(=O)C2CC(=O)Nc3n[nH]c(-c4ccc(Cl)cc4)c32)cc1. The molecule has 136 valence electrons. The van der Waals surface area contributed by atoms with E-state index < -0.39 is 5.92 Å². The zero-order valence-electron chi connectivity index (χ0n) is 14.8. The summed E-state index contributed by atoms with van der Waals surface area (Å²) >= 11 is 5.98. The predicted octanol–water partition coefficient (Wildman–Crippen LogP) is 4.60. The van der Waals surface area contributed by atoms with Crippen molar-refractivity contribution in [2.45, 2.75) is 25.7 Å². The van der Waals surface area contributed by atoms with Crippen LogP contribution in [0.3, 0.4) is 0 Å². The number of Topliss-reactive ketones (excluding diaryl/α,β-unsaturated/α-hetero) is 1. The third-order valence-electron chi connectivity index (χ3n) is 4.90. The van der Waals surface area contributed by atoms with Gasteiger partial charge in [-0.05, 0) is 24.1 Å². The van der Waals surface area contributed by atoms with Gasteiger partial charge in [0.05, 0.1) is 11.6 Å². The molecule has 1 unspecified atom stereocenters. The average Bonchev–Trinajstić information content (AvgIpc) is 3.11. The second-order valence-electron chi connectivity index (χ2n) is 6.59. The highest BCUT2D eigenvalue weighted by Gasteiger charge is 2.35. The molecule has 1 aromatic heterocycles. The molecule has 0 spiro atoms. The van der Waals surface area contributed by atoms with Crippen molar-refractivity contribution in [2.75, 3.05) is 5.32 Å². The minimum absolute atomic E-state index is 0.0784. The van der Waals surface area contributed by atoms with Crippen LogP contribution in [-0.4, -0.2) is 21.9 Å². The Kier molecular flexibility index (Phi) is 4.54. The van der Waals surface area contributed by atoms with Crippen molar-refractivity contribution < 1.29 is 9.59 Å². The van der Waals surface area contributed by atoms with Crippen LogP contribution in [0.25, 0.3) is 11.3 Å². The monoisotopic (exact) mass is 379 g/mol. The van der Waals surface area contributed by atoms with Gasteiger partial charge in [0.2, 0.25) is 5.91 Å². The van der Waals surface area contributed by atoms with Crippen LogP contribution >= 0.6 is 11.6 Å². The topological polar surface area (TPSA) is 74.8 Å².